The third kappa shape index (κ3) is 8.36. The number of nitrogens with zero attached hydrogens (tertiary/aromatic N) is 5. The Kier molecular flexibility index (Phi) is 9.31. The number of hydrogen-bond donors (Lipinski definition) is 6. The van der Waals surface area contributed by atoms with Gasteiger partial charge >= 0.3 is 6.18 Å². The second kappa shape index (κ2) is 13.1. The van der Waals surface area contributed by atoms with E-state index in [1.54, 1.807) is 32.2 Å². The van der Waals surface area contributed by atoms with E-state index in [0.717, 1.165) is 12.1 Å². The molecule has 4 rings (SSSR count). The number of imidazole rings is 1. The number of aryl methyl sites for hydroxylation is 2. The number of alkyl halides is 3. The first-order valence-corrected chi connectivity index (χ1v) is 12.5. The summed E-state index contributed by atoms with van der Waals surface area (Å²) < 4.78 is 42.1. The van der Waals surface area contributed by atoms with Crippen LogP contribution in [0.25, 0.3) is 5.69 Å². The minimum atomic E-state index is -4.55. The Balaban J connectivity index is 1.39. The van der Waals surface area contributed by atoms with E-state index in [9.17, 15) is 18.0 Å². The van der Waals surface area contributed by atoms with Gasteiger partial charge in [0.15, 0.2) is 0 Å². The van der Waals surface area contributed by atoms with Crippen LogP contribution in [-0.2, 0) is 6.18 Å². The highest BCUT2D eigenvalue weighted by Gasteiger charge is 2.31. The van der Waals surface area contributed by atoms with Gasteiger partial charge in [-0.15, -0.1) is 0 Å². The molecule has 41 heavy (non-hydrogen) atoms. The summed E-state index contributed by atoms with van der Waals surface area (Å²) in [6.45, 7) is 5.26. The van der Waals surface area contributed by atoms with Crippen molar-refractivity contribution in [1.29, 1.82) is 0 Å². The van der Waals surface area contributed by atoms with Crippen molar-refractivity contribution in [2.24, 2.45) is 0 Å². The molecule has 0 spiro atoms. The van der Waals surface area contributed by atoms with Crippen LogP contribution in [0.4, 0.5) is 36.3 Å². The number of hydrogen-bond acceptors (Lipinski definition) is 10. The van der Waals surface area contributed by atoms with Crippen LogP contribution in [0, 0.1) is 13.8 Å². The number of carbonyl (C=O) groups is 1. The highest BCUT2D eigenvalue weighted by molar-refractivity contribution is 5.93. The van der Waals surface area contributed by atoms with Crippen LogP contribution < -0.4 is 26.8 Å². The lowest BCUT2D eigenvalue weighted by Gasteiger charge is -2.14. The Hall–Kier alpha value is -4.76. The Labute approximate surface area is 233 Å². The van der Waals surface area contributed by atoms with Crippen molar-refractivity contribution < 1.29 is 23.1 Å². The van der Waals surface area contributed by atoms with E-state index >= 15 is 0 Å². The van der Waals surface area contributed by atoms with Crippen molar-refractivity contribution in [2.45, 2.75) is 20.0 Å². The minimum absolute atomic E-state index is 0.0534. The first-order chi connectivity index (χ1) is 19.6. The zero-order valence-electron chi connectivity index (χ0n) is 22.3. The summed E-state index contributed by atoms with van der Waals surface area (Å²) in [5.74, 6) is 0.145. The Morgan fingerprint density at radius 1 is 0.976 bits per heavy atom. The van der Waals surface area contributed by atoms with Crippen LogP contribution in [0.5, 0.6) is 0 Å². The fourth-order valence-electron chi connectivity index (χ4n) is 3.70. The summed E-state index contributed by atoms with van der Waals surface area (Å²) in [6.07, 6.45) is -0.147. The van der Waals surface area contributed by atoms with Gasteiger partial charge in [0, 0.05) is 49.0 Å². The maximum Gasteiger partial charge on any atom is 0.416 e. The maximum absolute atomic E-state index is 13.5. The number of pyridine rings is 1. The van der Waals surface area contributed by atoms with E-state index in [-0.39, 0.29) is 29.6 Å². The van der Waals surface area contributed by atoms with Crippen LogP contribution in [0.15, 0.2) is 55.1 Å². The molecule has 4 aromatic rings. The number of carbonyl (C=O) groups excluding carboxylic acids is 1. The molecule has 15 heteroatoms. The number of aromatic nitrogens is 5. The van der Waals surface area contributed by atoms with Gasteiger partial charge in [0.05, 0.1) is 36.1 Å². The zero-order chi connectivity index (χ0) is 29.4. The second-order valence-electron chi connectivity index (χ2n) is 8.94. The minimum Gasteiger partial charge on any atom is -0.395 e. The SMILES string of the molecule is Cc1cn(-c2cc(Nc3ccc(C(=O)NNc4nc(C)cc(NCCNCCO)n4)nc3)cc(C(F)(F)F)c2)cn1. The van der Waals surface area contributed by atoms with Crippen LogP contribution >= 0.6 is 0 Å². The second-order valence-corrected chi connectivity index (χ2v) is 8.94. The van der Waals surface area contributed by atoms with E-state index < -0.39 is 17.6 Å². The van der Waals surface area contributed by atoms with Crippen molar-refractivity contribution in [1.82, 2.24) is 35.2 Å². The standard InChI is InChI=1S/C26H29F3N10O2/c1-16-9-23(31-6-5-30-7-8-40)36-25(34-16)38-37-24(41)22-4-3-19(13-32-22)35-20-10-18(26(27,28)29)11-21(12-20)39-14-17(2)33-15-39/h3-4,9-15,30,35,40H,5-8H2,1-2H3,(H,37,41)(H2,31,34,36,38). The number of aliphatic hydroxyl groups is 1. The highest BCUT2D eigenvalue weighted by atomic mass is 19.4. The van der Waals surface area contributed by atoms with Crippen LogP contribution in [0.2, 0.25) is 0 Å². The number of aliphatic hydroxyl groups excluding tert-OH is 1. The predicted octanol–water partition coefficient (Wildman–Crippen LogP) is 3.19. The molecule has 0 unspecified atom stereocenters. The predicted molar refractivity (Wildman–Crippen MR) is 147 cm³/mol. The van der Waals surface area contributed by atoms with Crippen molar-refractivity contribution in [3.8, 4) is 5.69 Å². The molecule has 1 amide bonds. The van der Waals surface area contributed by atoms with Crippen molar-refractivity contribution in [3.63, 3.8) is 0 Å². The van der Waals surface area contributed by atoms with Crippen LogP contribution in [-0.4, -0.2) is 61.8 Å². The fraction of sp³-hybridized carbons (Fsp3) is 0.269. The highest BCUT2D eigenvalue weighted by Crippen LogP contribution is 2.33. The average molecular weight is 571 g/mol. The van der Waals surface area contributed by atoms with Gasteiger partial charge in [-0.05, 0) is 44.2 Å². The molecule has 3 heterocycles. The molecule has 1 aromatic carbocycles. The summed E-state index contributed by atoms with van der Waals surface area (Å²) in [6, 6.07) is 8.29. The number of anilines is 4. The van der Waals surface area contributed by atoms with E-state index in [0.29, 0.717) is 42.5 Å². The van der Waals surface area contributed by atoms with Gasteiger partial charge in [0.2, 0.25) is 5.95 Å². The van der Waals surface area contributed by atoms with Gasteiger partial charge in [-0.3, -0.25) is 15.6 Å². The molecule has 0 saturated carbocycles. The maximum atomic E-state index is 13.5. The van der Waals surface area contributed by atoms with E-state index in [2.05, 4.69) is 46.7 Å². The number of nitrogens with one attached hydrogen (secondary N) is 5. The molecule has 0 aliphatic rings. The molecule has 6 N–H and O–H groups in total. The van der Waals surface area contributed by atoms with Crippen molar-refractivity contribution in [3.05, 3.63) is 77.8 Å². The third-order valence-electron chi connectivity index (χ3n) is 5.58. The molecule has 0 atom stereocenters. The topological polar surface area (TPSA) is 154 Å². The molecular weight excluding hydrogens is 541 g/mol. The quantitative estimate of drug-likeness (QED) is 0.111. The number of benzene rings is 1. The lowest BCUT2D eigenvalue weighted by molar-refractivity contribution is -0.137. The lowest BCUT2D eigenvalue weighted by Crippen LogP contribution is -2.31. The number of hydrazine groups is 1. The fourth-order valence-corrected chi connectivity index (χ4v) is 3.70. The largest absolute Gasteiger partial charge is 0.416 e. The van der Waals surface area contributed by atoms with Crippen molar-refractivity contribution in [2.75, 3.05) is 42.3 Å². The van der Waals surface area contributed by atoms with E-state index in [1.807, 2.05) is 0 Å². The molecule has 0 fully saturated rings. The molecule has 0 aliphatic carbocycles. The van der Waals surface area contributed by atoms with Gasteiger partial charge in [-0.1, -0.05) is 0 Å². The average Bonchev–Trinajstić information content (AvgIpc) is 3.37. The first kappa shape index (κ1) is 29.2. The van der Waals surface area contributed by atoms with Crippen LogP contribution in [0.3, 0.4) is 0 Å². The summed E-state index contributed by atoms with van der Waals surface area (Å²) in [4.78, 5) is 29.3. The van der Waals surface area contributed by atoms with Crippen molar-refractivity contribution >= 4 is 29.0 Å². The Bertz CT molecular complexity index is 1480. The van der Waals surface area contributed by atoms with Gasteiger partial charge in [-0.25, -0.2) is 15.0 Å². The van der Waals surface area contributed by atoms with Crippen LogP contribution in [0.1, 0.15) is 27.4 Å². The molecule has 12 nitrogen and oxygen atoms in total. The van der Waals surface area contributed by atoms with Gasteiger partial charge in [0.1, 0.15) is 11.5 Å². The molecule has 0 bridgehead atoms. The summed E-state index contributed by atoms with van der Waals surface area (Å²) in [5, 5.41) is 17.9. The Morgan fingerprint density at radius 2 is 1.80 bits per heavy atom. The van der Waals surface area contributed by atoms with E-state index in [1.165, 1.54) is 29.2 Å². The summed E-state index contributed by atoms with van der Waals surface area (Å²) in [5.41, 5.74) is 6.55. The third-order valence-corrected chi connectivity index (χ3v) is 5.58. The lowest BCUT2D eigenvalue weighted by atomic mass is 10.1. The normalized spacial score (nSPS) is 11.3. The molecular formula is C26H29F3N10O2. The summed E-state index contributed by atoms with van der Waals surface area (Å²) in [7, 11) is 0. The number of rotatable bonds is 12. The zero-order valence-corrected chi connectivity index (χ0v) is 22.3. The number of amides is 1. The molecule has 3 aromatic heterocycles. The molecule has 0 saturated heterocycles. The smallest absolute Gasteiger partial charge is 0.395 e. The first-order valence-electron chi connectivity index (χ1n) is 12.5. The monoisotopic (exact) mass is 570 g/mol. The van der Waals surface area contributed by atoms with E-state index in [4.69, 9.17) is 5.11 Å². The van der Waals surface area contributed by atoms with Gasteiger partial charge in [-0.2, -0.15) is 18.2 Å². The Morgan fingerprint density at radius 3 is 2.49 bits per heavy atom. The van der Waals surface area contributed by atoms with Gasteiger partial charge in [0.25, 0.3) is 5.91 Å². The van der Waals surface area contributed by atoms with Gasteiger partial charge < -0.3 is 25.6 Å². The molecule has 0 radical (unpaired) electrons. The molecule has 216 valence electrons. The number of halogens is 3. The summed E-state index contributed by atoms with van der Waals surface area (Å²) >= 11 is 0. The molecule has 0 aliphatic heterocycles.